The van der Waals surface area contributed by atoms with Crippen molar-refractivity contribution in [1.29, 1.82) is 0 Å². The molecular formula is C22H30N4O9. The minimum absolute atomic E-state index is 0.0359. The summed E-state index contributed by atoms with van der Waals surface area (Å²) in [6.07, 6.45) is -0.0276. The van der Waals surface area contributed by atoms with E-state index in [1.807, 2.05) is 0 Å². The minimum atomic E-state index is -1.47. The van der Waals surface area contributed by atoms with Crippen LogP contribution >= 0.6 is 0 Å². The highest BCUT2D eigenvalue weighted by Gasteiger charge is 2.38. The Kier molecular flexibility index (Phi) is 9.97. The van der Waals surface area contributed by atoms with Gasteiger partial charge in [0, 0.05) is 13.0 Å². The Bertz CT molecular complexity index is 937. The first-order valence-corrected chi connectivity index (χ1v) is 11.0. The number of rotatable bonds is 12. The highest BCUT2D eigenvalue weighted by molar-refractivity contribution is 5.94. The molecule has 1 aliphatic rings. The Morgan fingerprint density at radius 2 is 1.66 bits per heavy atom. The van der Waals surface area contributed by atoms with Gasteiger partial charge in [0.05, 0.1) is 12.6 Å². The normalized spacial score (nSPS) is 17.8. The van der Waals surface area contributed by atoms with Crippen molar-refractivity contribution < 1.29 is 44.4 Å². The number of nitrogens with zero attached hydrogens (tertiary/aromatic N) is 1. The number of amides is 3. The Morgan fingerprint density at radius 1 is 1.03 bits per heavy atom. The quantitative estimate of drug-likeness (QED) is 0.172. The third-order valence-corrected chi connectivity index (χ3v) is 5.63. The Morgan fingerprint density at radius 3 is 2.23 bits per heavy atom. The molecule has 4 unspecified atom stereocenters. The van der Waals surface area contributed by atoms with Gasteiger partial charge in [-0.15, -0.1) is 0 Å². The monoisotopic (exact) mass is 494 g/mol. The third-order valence-electron chi connectivity index (χ3n) is 5.63. The molecule has 0 aliphatic carbocycles. The second-order valence-electron chi connectivity index (χ2n) is 8.24. The number of aliphatic carboxylic acids is 2. The van der Waals surface area contributed by atoms with E-state index in [-0.39, 0.29) is 31.6 Å². The van der Waals surface area contributed by atoms with Crippen LogP contribution in [0.1, 0.15) is 31.2 Å². The number of hydrogen-bond acceptors (Lipinski definition) is 8. The number of aliphatic hydroxyl groups is 1. The number of carboxylic acids is 2. The molecule has 192 valence electrons. The first kappa shape index (κ1) is 27.5. The molecule has 2 rings (SSSR count). The van der Waals surface area contributed by atoms with Crippen molar-refractivity contribution in [3.63, 3.8) is 0 Å². The van der Waals surface area contributed by atoms with E-state index in [2.05, 4.69) is 10.6 Å². The molecule has 1 fully saturated rings. The summed E-state index contributed by atoms with van der Waals surface area (Å²) in [5.74, 6) is -4.85. The summed E-state index contributed by atoms with van der Waals surface area (Å²) in [7, 11) is 0. The zero-order valence-electron chi connectivity index (χ0n) is 18.9. The van der Waals surface area contributed by atoms with E-state index in [9.17, 15) is 39.3 Å². The van der Waals surface area contributed by atoms with Gasteiger partial charge >= 0.3 is 11.9 Å². The molecule has 0 radical (unpaired) electrons. The fraction of sp³-hybridized carbons (Fsp3) is 0.500. The topological polar surface area (TPSA) is 220 Å². The Balaban J connectivity index is 2.07. The average molecular weight is 495 g/mol. The Hall–Kier alpha value is -3.71. The fourth-order valence-corrected chi connectivity index (χ4v) is 3.74. The summed E-state index contributed by atoms with van der Waals surface area (Å²) >= 11 is 0. The Labute approximate surface area is 200 Å². The predicted molar refractivity (Wildman–Crippen MR) is 120 cm³/mol. The van der Waals surface area contributed by atoms with Crippen molar-refractivity contribution in [2.24, 2.45) is 5.73 Å². The fourth-order valence-electron chi connectivity index (χ4n) is 3.74. The van der Waals surface area contributed by atoms with Gasteiger partial charge in [-0.2, -0.15) is 0 Å². The van der Waals surface area contributed by atoms with Gasteiger partial charge in [0.1, 0.15) is 23.9 Å². The van der Waals surface area contributed by atoms with E-state index in [1.165, 1.54) is 12.1 Å². The smallest absolute Gasteiger partial charge is 0.326 e. The average Bonchev–Trinajstić information content (AvgIpc) is 3.31. The zero-order valence-corrected chi connectivity index (χ0v) is 18.9. The second-order valence-corrected chi connectivity index (χ2v) is 8.24. The molecule has 1 aromatic rings. The maximum Gasteiger partial charge on any atom is 0.326 e. The van der Waals surface area contributed by atoms with Crippen molar-refractivity contribution in [1.82, 2.24) is 15.5 Å². The van der Waals surface area contributed by atoms with Gasteiger partial charge in [0.25, 0.3) is 0 Å². The first-order valence-electron chi connectivity index (χ1n) is 11.0. The summed E-state index contributed by atoms with van der Waals surface area (Å²) in [6.45, 7) is -0.680. The second kappa shape index (κ2) is 12.7. The van der Waals surface area contributed by atoms with Crippen LogP contribution in [0.15, 0.2) is 24.3 Å². The number of phenols is 1. The summed E-state index contributed by atoms with van der Waals surface area (Å²) in [6, 6.07) is 0.950. The molecule has 1 aromatic carbocycles. The lowest BCUT2D eigenvalue weighted by Crippen LogP contribution is -2.58. The molecule has 35 heavy (non-hydrogen) atoms. The number of phenolic OH excluding ortho intramolecular Hbond substituents is 1. The standard InChI is InChI=1S/C22H30N4O9/c23-14(10-12-3-5-13(28)6-4-12)19(31)24-15(7-8-18(29)30)20(32)25-16(11-27)21(33)26-9-1-2-17(26)22(34)35/h3-6,14-17,27-28H,1-2,7-11,23H2,(H,24,31)(H,25,32)(H,29,30)(H,34,35). The van der Waals surface area contributed by atoms with Gasteiger partial charge in [-0.05, 0) is 43.4 Å². The lowest BCUT2D eigenvalue weighted by Gasteiger charge is -2.28. The van der Waals surface area contributed by atoms with Crippen LogP contribution in [0.4, 0.5) is 0 Å². The maximum atomic E-state index is 12.8. The van der Waals surface area contributed by atoms with Crippen LogP contribution in [0.5, 0.6) is 5.75 Å². The van der Waals surface area contributed by atoms with Crippen LogP contribution in [0.25, 0.3) is 0 Å². The molecule has 1 saturated heterocycles. The van der Waals surface area contributed by atoms with Crippen molar-refractivity contribution in [3.8, 4) is 5.75 Å². The zero-order chi connectivity index (χ0) is 26.1. The van der Waals surface area contributed by atoms with Crippen molar-refractivity contribution in [2.45, 2.75) is 56.3 Å². The summed E-state index contributed by atoms with van der Waals surface area (Å²) in [4.78, 5) is 61.6. The highest BCUT2D eigenvalue weighted by Crippen LogP contribution is 2.18. The maximum absolute atomic E-state index is 12.8. The number of aromatic hydroxyl groups is 1. The van der Waals surface area contributed by atoms with E-state index in [4.69, 9.17) is 10.8 Å². The van der Waals surface area contributed by atoms with E-state index < -0.39 is 66.9 Å². The van der Waals surface area contributed by atoms with Gasteiger partial charge in [-0.1, -0.05) is 12.1 Å². The number of likely N-dealkylation sites (tertiary alicyclic amines) is 1. The summed E-state index contributed by atoms with van der Waals surface area (Å²) < 4.78 is 0. The first-order chi connectivity index (χ1) is 16.5. The van der Waals surface area contributed by atoms with Gasteiger partial charge < -0.3 is 41.7 Å². The number of aliphatic hydroxyl groups excluding tert-OH is 1. The molecule has 13 nitrogen and oxygen atoms in total. The molecule has 0 bridgehead atoms. The molecule has 8 N–H and O–H groups in total. The molecule has 0 saturated carbocycles. The molecular weight excluding hydrogens is 464 g/mol. The predicted octanol–water partition coefficient (Wildman–Crippen LogP) is -1.84. The van der Waals surface area contributed by atoms with Crippen LogP contribution in [-0.2, 0) is 30.4 Å². The van der Waals surface area contributed by atoms with Gasteiger partial charge in [0.2, 0.25) is 17.7 Å². The largest absolute Gasteiger partial charge is 0.508 e. The molecule has 1 aliphatic heterocycles. The number of nitrogens with two attached hydrogens (primary N) is 1. The van der Waals surface area contributed by atoms with Crippen molar-refractivity contribution in [3.05, 3.63) is 29.8 Å². The van der Waals surface area contributed by atoms with E-state index in [1.54, 1.807) is 12.1 Å². The van der Waals surface area contributed by atoms with Crippen LogP contribution in [0.2, 0.25) is 0 Å². The van der Waals surface area contributed by atoms with Crippen LogP contribution in [0, 0.1) is 0 Å². The van der Waals surface area contributed by atoms with Gasteiger partial charge in [-0.3, -0.25) is 19.2 Å². The van der Waals surface area contributed by atoms with Crippen molar-refractivity contribution >= 4 is 29.7 Å². The van der Waals surface area contributed by atoms with Crippen LogP contribution in [-0.4, -0.2) is 92.3 Å². The number of carbonyl (C=O) groups excluding carboxylic acids is 3. The lowest BCUT2D eigenvalue weighted by molar-refractivity contribution is -0.150. The molecule has 4 atom stereocenters. The minimum Gasteiger partial charge on any atom is -0.508 e. The molecule has 0 aromatic heterocycles. The summed E-state index contributed by atoms with van der Waals surface area (Å²) in [5.41, 5.74) is 6.56. The number of hydrogen-bond donors (Lipinski definition) is 7. The van der Waals surface area contributed by atoms with Crippen LogP contribution in [0.3, 0.4) is 0 Å². The van der Waals surface area contributed by atoms with E-state index in [0.717, 1.165) is 4.90 Å². The van der Waals surface area contributed by atoms with E-state index in [0.29, 0.717) is 12.0 Å². The lowest BCUT2D eigenvalue weighted by atomic mass is 10.0. The number of carbonyl (C=O) groups is 5. The molecule has 13 heteroatoms. The molecule has 3 amide bonds. The SMILES string of the molecule is NC(Cc1ccc(O)cc1)C(=O)NC(CCC(=O)O)C(=O)NC(CO)C(=O)N1CCCC1C(=O)O. The van der Waals surface area contributed by atoms with Gasteiger partial charge in [0.15, 0.2) is 0 Å². The van der Waals surface area contributed by atoms with E-state index >= 15 is 0 Å². The highest BCUT2D eigenvalue weighted by atomic mass is 16.4. The molecule has 1 heterocycles. The summed E-state index contributed by atoms with van der Waals surface area (Å²) in [5, 5.41) is 41.9. The number of nitrogens with one attached hydrogen (secondary N) is 2. The van der Waals surface area contributed by atoms with Gasteiger partial charge in [-0.25, -0.2) is 4.79 Å². The van der Waals surface area contributed by atoms with Crippen LogP contribution < -0.4 is 16.4 Å². The molecule has 0 spiro atoms. The third kappa shape index (κ3) is 7.93. The number of carboxylic acid groups (broad SMARTS) is 2. The van der Waals surface area contributed by atoms with Crippen molar-refractivity contribution in [2.75, 3.05) is 13.2 Å². The number of benzene rings is 1.